The minimum Gasteiger partial charge on any atom is -0.293 e. The van der Waals surface area contributed by atoms with Crippen molar-refractivity contribution in [3.63, 3.8) is 0 Å². The van der Waals surface area contributed by atoms with Gasteiger partial charge in [-0.05, 0) is 20.0 Å². The first-order valence-electron chi connectivity index (χ1n) is 5.87. The van der Waals surface area contributed by atoms with Crippen molar-refractivity contribution in [2.75, 3.05) is 13.6 Å². The fourth-order valence-corrected chi connectivity index (χ4v) is 3.39. The maximum absolute atomic E-state index is 12.2. The smallest absolute Gasteiger partial charge is 0.235 e. The second-order valence-electron chi connectivity index (χ2n) is 4.83. The summed E-state index contributed by atoms with van der Waals surface area (Å²) in [7, 11) is 1.81. The van der Waals surface area contributed by atoms with Gasteiger partial charge in [0.2, 0.25) is 11.8 Å². The van der Waals surface area contributed by atoms with Crippen LogP contribution in [0.3, 0.4) is 0 Å². The highest BCUT2D eigenvalue weighted by molar-refractivity contribution is 6.11. The number of likely N-dealkylation sites (tertiary alicyclic amines) is 1. The summed E-state index contributed by atoms with van der Waals surface area (Å²) in [5.41, 5.74) is 0. The van der Waals surface area contributed by atoms with Gasteiger partial charge >= 0.3 is 0 Å². The Balaban J connectivity index is 2.08. The van der Waals surface area contributed by atoms with E-state index >= 15 is 0 Å². The summed E-state index contributed by atoms with van der Waals surface area (Å²) in [5, 5.41) is 0. The van der Waals surface area contributed by atoms with E-state index in [9.17, 15) is 14.4 Å². The van der Waals surface area contributed by atoms with Gasteiger partial charge in [-0.25, -0.2) is 0 Å². The summed E-state index contributed by atoms with van der Waals surface area (Å²) in [6.07, 6.45) is 3.28. The van der Waals surface area contributed by atoms with E-state index < -0.39 is 12.0 Å². The Hall–Kier alpha value is -1.49. The summed E-state index contributed by atoms with van der Waals surface area (Å²) in [4.78, 5) is 39.3. The molecule has 5 heteroatoms. The summed E-state index contributed by atoms with van der Waals surface area (Å²) >= 11 is 0. The number of hydrogen-bond donors (Lipinski definition) is 0. The Morgan fingerprint density at radius 3 is 2.47 bits per heavy atom. The molecule has 2 fully saturated rings. The molecule has 90 valence electrons. The lowest BCUT2D eigenvalue weighted by molar-refractivity contribution is -0.142. The number of fused-ring (bicyclic) bond motifs is 5. The molecule has 0 aromatic heterocycles. The lowest BCUT2D eigenvalue weighted by Crippen LogP contribution is -2.47. The van der Waals surface area contributed by atoms with Crippen LogP contribution in [0, 0.1) is 11.8 Å². The van der Waals surface area contributed by atoms with Gasteiger partial charge < -0.3 is 0 Å². The van der Waals surface area contributed by atoms with Gasteiger partial charge in [0.1, 0.15) is 0 Å². The van der Waals surface area contributed by atoms with Crippen LogP contribution in [0.15, 0.2) is 12.2 Å². The van der Waals surface area contributed by atoms with Crippen LogP contribution in [-0.4, -0.2) is 53.1 Å². The van der Waals surface area contributed by atoms with Crippen molar-refractivity contribution >= 4 is 17.6 Å². The first-order valence-corrected chi connectivity index (χ1v) is 5.87. The van der Waals surface area contributed by atoms with Crippen molar-refractivity contribution in [2.45, 2.75) is 19.0 Å². The minimum atomic E-state index is -0.472. The quantitative estimate of drug-likeness (QED) is 0.570. The van der Waals surface area contributed by atoms with E-state index in [-0.39, 0.29) is 29.6 Å². The van der Waals surface area contributed by atoms with Gasteiger partial charge in [0, 0.05) is 12.6 Å². The topological polar surface area (TPSA) is 57.7 Å². The van der Waals surface area contributed by atoms with Gasteiger partial charge in [-0.3, -0.25) is 24.2 Å². The zero-order chi connectivity index (χ0) is 12.3. The molecular weight excluding hydrogens is 220 g/mol. The van der Waals surface area contributed by atoms with Gasteiger partial charge in [-0.2, -0.15) is 0 Å². The molecule has 2 saturated heterocycles. The average molecular weight is 234 g/mol. The van der Waals surface area contributed by atoms with Crippen molar-refractivity contribution in [3.8, 4) is 0 Å². The molecule has 0 saturated carbocycles. The number of hydrogen-bond acceptors (Lipinski definition) is 4. The van der Waals surface area contributed by atoms with Gasteiger partial charge in [0.05, 0.1) is 17.9 Å². The lowest BCUT2D eigenvalue weighted by Gasteiger charge is -2.29. The molecule has 5 nitrogen and oxygen atoms in total. The molecule has 3 heterocycles. The Bertz CT molecular complexity index is 457. The van der Waals surface area contributed by atoms with E-state index in [0.717, 1.165) is 0 Å². The molecule has 3 rings (SSSR count). The molecule has 0 aromatic carbocycles. The molecule has 0 radical (unpaired) electrons. The molecule has 3 aliphatic heterocycles. The second kappa shape index (κ2) is 3.26. The number of likely N-dealkylation sites (N-methyl/N-ethyl adjacent to an activating group) is 1. The van der Waals surface area contributed by atoms with E-state index in [1.165, 1.54) is 11.0 Å². The van der Waals surface area contributed by atoms with Crippen LogP contribution >= 0.6 is 0 Å². The van der Waals surface area contributed by atoms with Crippen LogP contribution < -0.4 is 0 Å². The van der Waals surface area contributed by atoms with E-state index in [4.69, 9.17) is 0 Å². The van der Waals surface area contributed by atoms with Crippen molar-refractivity contribution in [3.05, 3.63) is 12.2 Å². The van der Waals surface area contributed by atoms with Crippen LogP contribution in [0.25, 0.3) is 0 Å². The highest BCUT2D eigenvalue weighted by Crippen LogP contribution is 2.44. The van der Waals surface area contributed by atoms with Crippen LogP contribution in [0.2, 0.25) is 0 Å². The first kappa shape index (κ1) is 10.7. The Morgan fingerprint density at radius 1 is 1.18 bits per heavy atom. The number of rotatable bonds is 1. The van der Waals surface area contributed by atoms with E-state index in [1.807, 2.05) is 11.9 Å². The minimum absolute atomic E-state index is 0.0599. The Kier molecular flexibility index (Phi) is 2.04. The number of carbonyl (C=O) groups excluding carboxylic acids is 3. The molecule has 0 spiro atoms. The largest absolute Gasteiger partial charge is 0.293 e. The molecule has 2 bridgehead atoms. The van der Waals surface area contributed by atoms with Crippen molar-refractivity contribution in [1.82, 2.24) is 9.80 Å². The van der Waals surface area contributed by atoms with Gasteiger partial charge in [0.25, 0.3) is 0 Å². The number of amides is 2. The summed E-state index contributed by atoms with van der Waals surface area (Å²) in [6, 6.07) is -0.543. The number of carbonyl (C=O) groups is 3. The van der Waals surface area contributed by atoms with E-state index in [0.29, 0.717) is 6.54 Å². The normalized spacial score (nSPS) is 40.4. The molecule has 4 atom stereocenters. The fraction of sp³-hybridized carbons (Fsp3) is 0.583. The van der Waals surface area contributed by atoms with Crippen LogP contribution in [0.4, 0.5) is 0 Å². The SMILES string of the molecule is CCN1C(=O)[C@@H]2[C@H](C1=O)[C@H]1C(=O)C=C[C@@H]2N1C. The predicted octanol–water partition coefficient (Wildman–Crippen LogP) is -0.571. The van der Waals surface area contributed by atoms with Gasteiger partial charge in [0.15, 0.2) is 5.78 Å². The van der Waals surface area contributed by atoms with E-state index in [2.05, 4.69) is 0 Å². The standard InChI is InChI=1S/C12H14N2O3/c1-3-14-11(16)8-6-4-5-7(15)10(13(6)2)9(8)12(14)17/h4-6,8-10H,3H2,1-2H3/t6-,8-,9-,10+/m0/s1. The molecule has 0 N–H and O–H groups in total. The summed E-state index contributed by atoms with van der Waals surface area (Å²) in [6.45, 7) is 2.18. The monoisotopic (exact) mass is 234 g/mol. The maximum atomic E-state index is 12.2. The van der Waals surface area contributed by atoms with Crippen molar-refractivity contribution in [1.29, 1.82) is 0 Å². The number of ketones is 1. The molecule has 2 amide bonds. The maximum Gasteiger partial charge on any atom is 0.235 e. The average Bonchev–Trinajstić information content (AvgIpc) is 2.63. The summed E-state index contributed by atoms with van der Waals surface area (Å²) < 4.78 is 0. The number of imide groups is 1. The predicted molar refractivity (Wildman–Crippen MR) is 58.9 cm³/mol. The third-order valence-electron chi connectivity index (χ3n) is 4.17. The molecule has 0 aromatic rings. The third kappa shape index (κ3) is 1.10. The fourth-order valence-electron chi connectivity index (χ4n) is 3.39. The van der Waals surface area contributed by atoms with Gasteiger partial charge in [-0.15, -0.1) is 0 Å². The molecule has 0 unspecified atom stereocenters. The molecule has 0 aliphatic carbocycles. The van der Waals surface area contributed by atoms with Crippen LogP contribution in [0.1, 0.15) is 6.92 Å². The highest BCUT2D eigenvalue weighted by atomic mass is 16.2. The van der Waals surface area contributed by atoms with Gasteiger partial charge in [-0.1, -0.05) is 6.08 Å². The zero-order valence-corrected chi connectivity index (χ0v) is 9.79. The van der Waals surface area contributed by atoms with Crippen molar-refractivity contribution < 1.29 is 14.4 Å². The summed E-state index contributed by atoms with van der Waals surface area (Å²) in [5.74, 6) is -1.20. The van der Waals surface area contributed by atoms with E-state index in [1.54, 1.807) is 13.0 Å². The second-order valence-corrected chi connectivity index (χ2v) is 4.83. The lowest BCUT2D eigenvalue weighted by atomic mass is 9.90. The highest BCUT2D eigenvalue weighted by Gasteiger charge is 2.62. The molecule has 17 heavy (non-hydrogen) atoms. The third-order valence-corrected chi connectivity index (χ3v) is 4.17. The first-order chi connectivity index (χ1) is 8.07. The Labute approximate surface area is 99.1 Å². The van der Waals surface area contributed by atoms with Crippen LogP contribution in [0.5, 0.6) is 0 Å². The molecular formula is C12H14N2O3. The Morgan fingerprint density at radius 2 is 1.82 bits per heavy atom. The zero-order valence-electron chi connectivity index (χ0n) is 9.79. The number of nitrogens with zero attached hydrogens (tertiary/aromatic N) is 2. The molecule has 3 aliphatic rings. The van der Waals surface area contributed by atoms with Crippen molar-refractivity contribution in [2.24, 2.45) is 11.8 Å². The van der Waals surface area contributed by atoms with Crippen LogP contribution in [-0.2, 0) is 14.4 Å².